The molecule has 12 rings (SSSR count). The molecule has 0 aliphatic heterocycles. The van der Waals surface area contributed by atoms with Crippen LogP contribution in [0.4, 0.5) is 0 Å². The molecule has 0 aliphatic carbocycles. The number of hydrogen-bond acceptors (Lipinski definition) is 2. The number of pyridine rings is 1. The van der Waals surface area contributed by atoms with Gasteiger partial charge in [-0.2, -0.15) is 18.2 Å². The first-order valence-electron chi connectivity index (χ1n) is 37.1. The summed E-state index contributed by atoms with van der Waals surface area (Å²) in [5, 5.41) is 1.52. The number of fused-ring (bicyclic) bond motifs is 4. The Morgan fingerprint density at radius 2 is 1.02 bits per heavy atom. The van der Waals surface area contributed by atoms with Crippen LogP contribution in [0.3, 0.4) is 0 Å². The van der Waals surface area contributed by atoms with Crippen molar-refractivity contribution < 1.29 is 49.6 Å². The molecule has 0 N–H and O–H groups in total. The van der Waals surface area contributed by atoms with Gasteiger partial charge in [-0.3, -0.25) is 4.57 Å². The summed E-state index contributed by atoms with van der Waals surface area (Å²) < 4.78 is 134. The number of benzene rings is 9. The first-order chi connectivity index (χ1) is 47.2. The van der Waals surface area contributed by atoms with Crippen molar-refractivity contribution in [1.29, 1.82) is 0 Å². The van der Waals surface area contributed by atoms with Gasteiger partial charge in [0.1, 0.15) is 5.82 Å². The van der Waals surface area contributed by atoms with E-state index in [9.17, 15) is 0 Å². The Kier molecular flexibility index (Phi) is 12.1. The fourth-order valence-electron chi connectivity index (χ4n) is 11.6. The fraction of sp³-hybridized carbons (Fsp3) is 0.277. The zero-order chi connectivity index (χ0) is 74.4. The van der Waals surface area contributed by atoms with Crippen molar-refractivity contribution in [2.45, 2.75) is 151 Å². The molecular formula is C83H84N4OPt-2. The predicted octanol–water partition coefficient (Wildman–Crippen LogP) is 21.7. The Balaban J connectivity index is 0.0000106. The van der Waals surface area contributed by atoms with Crippen molar-refractivity contribution in [3.63, 3.8) is 0 Å². The molecule has 0 aliphatic rings. The molecule has 0 amide bonds. The van der Waals surface area contributed by atoms with E-state index in [0.717, 1.165) is 66.5 Å². The predicted molar refractivity (Wildman–Crippen MR) is 369 cm³/mol. The van der Waals surface area contributed by atoms with Crippen molar-refractivity contribution >= 4 is 32.8 Å². The zero-order valence-electron chi connectivity index (χ0n) is 67.4. The maximum Gasteiger partial charge on any atom is 0.268 e. The molecule has 3 aromatic heterocycles. The van der Waals surface area contributed by atoms with Crippen LogP contribution in [0.25, 0.3) is 94.5 Å². The van der Waals surface area contributed by atoms with Crippen molar-refractivity contribution in [3.05, 3.63) is 245 Å². The standard InChI is InChI=1S/C83H84N4O.Pt/c1-52-26-24-27-53(2)77(52)56-34-37-73-75(43-56)85(64-30-25-31-65(48-64)88-66-35-36-68-67-32-22-23-33-72(67)87(74(68)49-66)76-38-54(3)71(50-84-76)55-28-20-19-21-29-55)51-86(73)78-69(57-39-59(79(4,5)6)44-60(40-57)80(7,8)9)46-63(83(16,17)18)47-70(78)58-41-61(81(10,11)12)45-62(42-58)82(13,14)15;/h19-47,50H,1-18H3;/q-2;/i1D3,2D3,3D3,19D,20D,21D,28D,29D;. The normalized spacial score (nSPS) is 15.2. The summed E-state index contributed by atoms with van der Waals surface area (Å²) in [4.78, 5) is 4.76. The van der Waals surface area contributed by atoms with Gasteiger partial charge < -0.3 is 13.9 Å². The van der Waals surface area contributed by atoms with Gasteiger partial charge >= 0.3 is 0 Å². The van der Waals surface area contributed by atoms with Crippen LogP contribution >= 0.6 is 0 Å². The van der Waals surface area contributed by atoms with E-state index in [2.05, 4.69) is 175 Å². The van der Waals surface area contributed by atoms with Gasteiger partial charge in [0, 0.05) is 62.2 Å². The van der Waals surface area contributed by atoms with Crippen LogP contribution in [-0.4, -0.2) is 14.1 Å². The van der Waals surface area contributed by atoms with Crippen LogP contribution in [0.1, 0.15) is 168 Å². The minimum Gasteiger partial charge on any atom is -0.510 e. The molecule has 0 bridgehead atoms. The van der Waals surface area contributed by atoms with Crippen LogP contribution in [0.2, 0.25) is 0 Å². The minimum atomic E-state index is -2.83. The summed E-state index contributed by atoms with van der Waals surface area (Å²) >= 11 is 0. The molecule has 0 fully saturated rings. The van der Waals surface area contributed by atoms with E-state index in [0.29, 0.717) is 33.3 Å². The summed E-state index contributed by atoms with van der Waals surface area (Å²) in [5.74, 6) is 0.662. The summed E-state index contributed by atoms with van der Waals surface area (Å²) in [6.07, 6.45) is 5.11. The number of aromatic nitrogens is 4. The monoisotopic (exact) mass is 1360 g/mol. The average molecular weight is 1360 g/mol. The average Bonchev–Trinajstić information content (AvgIpc) is 1.67. The van der Waals surface area contributed by atoms with E-state index < -0.39 is 50.8 Å². The van der Waals surface area contributed by atoms with E-state index in [1.54, 1.807) is 22.8 Å². The maximum atomic E-state index is 8.81. The van der Waals surface area contributed by atoms with Gasteiger partial charge in [0.15, 0.2) is 0 Å². The number of nitrogens with zero attached hydrogens (tertiary/aromatic N) is 4. The molecule has 0 unspecified atom stereocenters. The summed E-state index contributed by atoms with van der Waals surface area (Å²) in [7, 11) is 0. The first-order valence-corrected chi connectivity index (χ1v) is 30.1. The molecule has 3 heterocycles. The number of imidazole rings is 1. The number of aryl methyl sites for hydroxylation is 3. The summed E-state index contributed by atoms with van der Waals surface area (Å²) in [5.41, 5.74) is 11.4. The van der Waals surface area contributed by atoms with Crippen molar-refractivity contribution in [1.82, 2.24) is 14.1 Å². The fourth-order valence-corrected chi connectivity index (χ4v) is 11.6. The second-order valence-corrected chi connectivity index (χ2v) is 28.5. The molecule has 89 heavy (non-hydrogen) atoms. The third kappa shape index (κ3) is 12.1. The second-order valence-electron chi connectivity index (χ2n) is 28.5. The molecule has 0 spiro atoms. The van der Waals surface area contributed by atoms with E-state index >= 15 is 0 Å². The van der Waals surface area contributed by atoms with Gasteiger partial charge in [0.25, 0.3) is 6.33 Å². The Morgan fingerprint density at radius 3 is 1.60 bits per heavy atom. The van der Waals surface area contributed by atoms with Gasteiger partial charge in [-0.15, -0.1) is 29.7 Å². The maximum absolute atomic E-state index is 8.81. The molecule has 9 aromatic carbocycles. The van der Waals surface area contributed by atoms with E-state index in [1.807, 2.05) is 59.2 Å². The summed E-state index contributed by atoms with van der Waals surface area (Å²) in [6.45, 7) is 25.3. The van der Waals surface area contributed by atoms with Gasteiger partial charge in [-0.1, -0.05) is 237 Å². The number of ether oxygens (including phenoxy) is 1. The molecule has 5 nitrogen and oxygen atoms in total. The van der Waals surface area contributed by atoms with Crippen LogP contribution in [0.5, 0.6) is 11.5 Å². The van der Waals surface area contributed by atoms with Crippen LogP contribution in [-0.2, 0) is 48.1 Å². The van der Waals surface area contributed by atoms with Crippen molar-refractivity contribution in [2.75, 3.05) is 0 Å². The molecular weight excluding hydrogens is 1260 g/mol. The van der Waals surface area contributed by atoms with E-state index in [1.165, 1.54) is 30.5 Å². The minimum absolute atomic E-state index is 0. The zero-order valence-corrected chi connectivity index (χ0v) is 55.7. The van der Waals surface area contributed by atoms with E-state index in [-0.39, 0.29) is 98.8 Å². The topological polar surface area (TPSA) is 35.9 Å². The number of rotatable bonds is 9. The third-order valence-corrected chi connectivity index (χ3v) is 16.8. The Hall–Kier alpha value is -8.11. The molecule has 0 atom stereocenters. The molecule has 12 aromatic rings. The Bertz CT molecular complexity index is 5150. The van der Waals surface area contributed by atoms with Gasteiger partial charge in [0.2, 0.25) is 0 Å². The van der Waals surface area contributed by atoms with E-state index in [4.69, 9.17) is 28.9 Å². The van der Waals surface area contributed by atoms with Crippen molar-refractivity contribution in [2.24, 2.45) is 0 Å². The first kappa shape index (κ1) is 46.9. The SMILES string of the molecule is [2H]c1c([2H])c([2H])c(-c2cnc(-n3c4[c-]c(Oc5[c-]c(-n6[c-][n+](-c7c(-c8cc(C(C)(C)C)cc(C(C)(C)C)c8)cc(C(C)(C)C)cc7-c7cc(C(C)(C)C)cc(C(C)(C)C)c7)c7ccc(-c8c(C([2H])([2H])[2H])cccc8C([2H])([2H])[2H])cc76)ccc5)ccc4c4ccccc43)cc2C([2H])([2H])[2H])c([2H])c1[2H].[Pt]. The largest absolute Gasteiger partial charge is 0.510 e. The molecule has 0 radical (unpaired) electrons. The molecule has 0 saturated carbocycles. The third-order valence-electron chi connectivity index (χ3n) is 16.8. The molecule has 6 heteroatoms. The quantitative estimate of drug-likeness (QED) is 0.107. The van der Waals surface area contributed by atoms with Crippen molar-refractivity contribution in [3.8, 4) is 73.2 Å². The second kappa shape index (κ2) is 23.0. The summed E-state index contributed by atoms with van der Waals surface area (Å²) in [6, 6.07) is 50.5. The van der Waals surface area contributed by atoms with Crippen LogP contribution in [0.15, 0.2) is 182 Å². The Labute approximate surface area is 563 Å². The van der Waals surface area contributed by atoms with Gasteiger partial charge in [0.05, 0.1) is 23.6 Å². The number of para-hydroxylation sites is 1. The van der Waals surface area contributed by atoms with Gasteiger partial charge in [-0.05, 0) is 160 Å². The smallest absolute Gasteiger partial charge is 0.268 e. The molecule has 454 valence electrons. The van der Waals surface area contributed by atoms with Crippen LogP contribution < -0.4 is 9.30 Å². The Morgan fingerprint density at radius 1 is 0.472 bits per heavy atom. The van der Waals surface area contributed by atoms with Gasteiger partial charge in [-0.25, -0.2) is 4.98 Å². The van der Waals surface area contributed by atoms with Crippen LogP contribution in [0, 0.1) is 39.0 Å². The number of hydrogen-bond donors (Lipinski definition) is 0. The molecule has 0 saturated heterocycles.